The number of thiophene rings is 1. The topological polar surface area (TPSA) is 142 Å². The third kappa shape index (κ3) is 5.58. The Labute approximate surface area is 221 Å². The number of H-pyrrole nitrogens is 1. The number of oxazole rings is 1. The Bertz CT molecular complexity index is 1670. The number of nitrogens with one attached hydrogen (secondary N) is 3. The van der Waals surface area contributed by atoms with E-state index in [1.54, 1.807) is 48.7 Å². The van der Waals surface area contributed by atoms with E-state index in [0.29, 0.717) is 37.7 Å². The number of aromatic amines is 1. The van der Waals surface area contributed by atoms with E-state index in [0.717, 1.165) is 0 Å². The van der Waals surface area contributed by atoms with Gasteiger partial charge >= 0.3 is 5.76 Å². The molecule has 194 valence electrons. The molecule has 0 aliphatic heterocycles. The van der Waals surface area contributed by atoms with Gasteiger partial charge in [0.25, 0.3) is 5.91 Å². The minimum atomic E-state index is -1.07. The van der Waals surface area contributed by atoms with Crippen LogP contribution in [-0.4, -0.2) is 43.5 Å². The van der Waals surface area contributed by atoms with Crippen molar-refractivity contribution in [2.45, 2.75) is 26.0 Å². The van der Waals surface area contributed by atoms with E-state index in [-0.39, 0.29) is 30.7 Å². The van der Waals surface area contributed by atoms with Crippen molar-refractivity contribution in [1.82, 2.24) is 14.5 Å². The van der Waals surface area contributed by atoms with E-state index in [1.807, 2.05) is 30.3 Å². The number of anilines is 2. The summed E-state index contributed by atoms with van der Waals surface area (Å²) in [5.74, 6) is -0.721. The van der Waals surface area contributed by atoms with Gasteiger partial charge in [-0.2, -0.15) is 0 Å². The molecule has 0 spiro atoms. The average molecular weight is 532 g/mol. The summed E-state index contributed by atoms with van der Waals surface area (Å²) < 4.78 is 6.52. The maximum atomic E-state index is 13.1. The highest BCUT2D eigenvalue weighted by Gasteiger charge is 2.22. The van der Waals surface area contributed by atoms with Crippen LogP contribution in [0.3, 0.4) is 0 Å². The highest BCUT2D eigenvalue weighted by molar-refractivity contribution is 7.17. The first-order valence-corrected chi connectivity index (χ1v) is 12.6. The largest absolute Gasteiger partial charge is 0.416 e. The van der Waals surface area contributed by atoms with Crippen LogP contribution < -0.4 is 16.4 Å². The average Bonchev–Trinajstić information content (AvgIpc) is 3.61. The number of imidazole rings is 1. The number of aromatic nitrogens is 3. The Hall–Kier alpha value is -4.48. The molecule has 0 unspecified atom stereocenters. The van der Waals surface area contributed by atoms with E-state index >= 15 is 0 Å². The van der Waals surface area contributed by atoms with Gasteiger partial charge in [-0.1, -0.05) is 30.3 Å². The lowest BCUT2D eigenvalue weighted by molar-refractivity contribution is 0.0630. The third-order valence-corrected chi connectivity index (χ3v) is 6.80. The molecule has 3 aromatic heterocycles. The molecule has 0 atom stereocenters. The smallest absolute Gasteiger partial charge is 0.416 e. The zero-order valence-corrected chi connectivity index (χ0v) is 21.5. The fraction of sp³-hybridized carbons (Fsp3) is 0.185. The van der Waals surface area contributed by atoms with E-state index < -0.39 is 11.4 Å². The molecule has 0 aliphatic rings. The number of amides is 1. The molecular weight excluding hydrogens is 506 g/mol. The molecule has 0 aliphatic carbocycles. The standard InChI is InChI=1S/C27H25N5O5S/c1-27(2,36)15-32-20-9-8-17(28-13-21(33)16-6-4-3-5-7-16)12-18(20)29-25(32)31-24(34)23-11-10-22(38-23)19-14-37-26(35)30-19/h3-12,14,28,36H,13,15H2,1-2H3,(H,30,35)(H,29,31,34). The van der Waals surface area contributed by atoms with Gasteiger partial charge in [0.15, 0.2) is 5.78 Å². The quantitative estimate of drug-likeness (QED) is 0.207. The van der Waals surface area contributed by atoms with Gasteiger partial charge < -0.3 is 19.4 Å². The number of ketones is 1. The number of carbonyl (C=O) groups excluding carboxylic acids is 2. The number of hydrogen-bond acceptors (Lipinski definition) is 8. The van der Waals surface area contributed by atoms with E-state index in [1.165, 1.54) is 17.6 Å². The zero-order chi connectivity index (χ0) is 26.9. The molecule has 10 nitrogen and oxygen atoms in total. The first-order chi connectivity index (χ1) is 18.2. The fourth-order valence-corrected chi connectivity index (χ4v) is 4.82. The lowest BCUT2D eigenvalue weighted by Gasteiger charge is -2.20. The van der Waals surface area contributed by atoms with Gasteiger partial charge in [-0.25, -0.2) is 9.78 Å². The first-order valence-electron chi connectivity index (χ1n) is 11.8. The maximum Gasteiger partial charge on any atom is 0.416 e. The molecular formula is C27H25N5O5S. The maximum absolute atomic E-state index is 13.1. The number of benzene rings is 2. The summed E-state index contributed by atoms with van der Waals surface area (Å²) in [7, 11) is 0. The number of hydrogen-bond donors (Lipinski definition) is 4. The van der Waals surface area contributed by atoms with Gasteiger partial charge in [0, 0.05) is 11.3 Å². The van der Waals surface area contributed by atoms with Gasteiger partial charge in [0.2, 0.25) is 5.95 Å². The fourth-order valence-electron chi connectivity index (χ4n) is 3.96. The molecule has 0 saturated carbocycles. The Balaban J connectivity index is 1.39. The Morgan fingerprint density at radius 1 is 1.13 bits per heavy atom. The number of aliphatic hydroxyl groups is 1. The van der Waals surface area contributed by atoms with E-state index in [2.05, 4.69) is 20.6 Å². The number of Topliss-reactive ketones (excluding diaryl/α,β-unsaturated/α-hetero) is 1. The Kier molecular flexibility index (Phi) is 6.70. The van der Waals surface area contributed by atoms with Gasteiger partial charge in [-0.15, -0.1) is 11.3 Å². The van der Waals surface area contributed by atoms with E-state index in [9.17, 15) is 19.5 Å². The molecule has 2 aromatic carbocycles. The predicted octanol–water partition coefficient (Wildman–Crippen LogP) is 4.36. The molecule has 5 aromatic rings. The van der Waals surface area contributed by atoms with Gasteiger partial charge in [-0.3, -0.25) is 19.9 Å². The molecule has 1 amide bonds. The van der Waals surface area contributed by atoms with Crippen LogP contribution in [0.5, 0.6) is 0 Å². The Morgan fingerprint density at radius 2 is 1.92 bits per heavy atom. The minimum Gasteiger partial charge on any atom is -0.416 e. The van der Waals surface area contributed by atoms with Crippen molar-refractivity contribution in [1.29, 1.82) is 0 Å². The highest BCUT2D eigenvalue weighted by atomic mass is 32.1. The number of fused-ring (bicyclic) bond motifs is 1. The lowest BCUT2D eigenvalue weighted by atomic mass is 10.1. The third-order valence-electron chi connectivity index (χ3n) is 5.68. The molecule has 5 rings (SSSR count). The van der Waals surface area contributed by atoms with E-state index in [4.69, 9.17) is 4.42 Å². The van der Waals surface area contributed by atoms with Crippen molar-refractivity contribution < 1.29 is 19.1 Å². The molecule has 11 heteroatoms. The summed E-state index contributed by atoms with van der Waals surface area (Å²) in [5.41, 5.74) is 2.03. The highest BCUT2D eigenvalue weighted by Crippen LogP contribution is 2.29. The van der Waals surface area contributed by atoms with Crippen LogP contribution in [0, 0.1) is 0 Å². The van der Waals surface area contributed by atoms with Crippen molar-refractivity contribution >= 4 is 45.7 Å². The van der Waals surface area contributed by atoms with Gasteiger partial charge in [0.05, 0.1) is 45.2 Å². The molecule has 38 heavy (non-hydrogen) atoms. The first kappa shape index (κ1) is 25.2. The van der Waals surface area contributed by atoms with Crippen molar-refractivity contribution in [3.8, 4) is 10.6 Å². The predicted molar refractivity (Wildman–Crippen MR) is 146 cm³/mol. The number of rotatable bonds is 9. The van der Waals surface area contributed by atoms with Crippen LogP contribution in [0.4, 0.5) is 11.6 Å². The van der Waals surface area contributed by atoms with Crippen LogP contribution in [-0.2, 0) is 6.54 Å². The van der Waals surface area contributed by atoms with Crippen molar-refractivity contribution in [2.24, 2.45) is 0 Å². The Morgan fingerprint density at radius 3 is 2.63 bits per heavy atom. The molecule has 3 heterocycles. The summed E-state index contributed by atoms with van der Waals surface area (Å²) in [4.78, 5) is 45.1. The van der Waals surface area contributed by atoms with Gasteiger partial charge in [-0.05, 0) is 44.2 Å². The molecule has 0 radical (unpaired) electrons. The number of nitrogens with zero attached hydrogens (tertiary/aromatic N) is 2. The monoisotopic (exact) mass is 531 g/mol. The van der Waals surface area contributed by atoms with Crippen molar-refractivity contribution in [2.75, 3.05) is 17.2 Å². The van der Waals surface area contributed by atoms with Crippen LogP contribution >= 0.6 is 11.3 Å². The normalized spacial score (nSPS) is 11.6. The van der Waals surface area contributed by atoms with Crippen molar-refractivity contribution in [3.05, 3.63) is 87.9 Å². The van der Waals surface area contributed by atoms with Crippen LogP contribution in [0.25, 0.3) is 21.6 Å². The van der Waals surface area contributed by atoms with Crippen LogP contribution in [0.1, 0.15) is 33.9 Å². The van der Waals surface area contributed by atoms with Gasteiger partial charge in [0.1, 0.15) is 6.26 Å². The van der Waals surface area contributed by atoms with Crippen LogP contribution in [0.15, 0.2) is 76.1 Å². The second-order valence-corrected chi connectivity index (χ2v) is 10.4. The summed E-state index contributed by atoms with van der Waals surface area (Å²) >= 11 is 1.19. The summed E-state index contributed by atoms with van der Waals surface area (Å²) in [6.07, 6.45) is 1.30. The van der Waals surface area contributed by atoms with Crippen molar-refractivity contribution in [3.63, 3.8) is 0 Å². The molecule has 0 bridgehead atoms. The SMILES string of the molecule is CC(C)(O)Cn1c(NC(=O)c2ccc(-c3coc(=O)[nH]3)s2)nc2cc(NCC(=O)c3ccccc3)ccc21. The molecule has 0 saturated heterocycles. The second-order valence-electron chi connectivity index (χ2n) is 9.36. The zero-order valence-electron chi connectivity index (χ0n) is 20.6. The molecule has 0 fully saturated rings. The minimum absolute atomic E-state index is 0.0407. The van der Waals surface area contributed by atoms with Crippen LogP contribution in [0.2, 0.25) is 0 Å². The summed E-state index contributed by atoms with van der Waals surface area (Å²) in [5, 5.41) is 16.5. The second kappa shape index (κ2) is 10.1. The molecule has 4 N–H and O–H groups in total. The number of carbonyl (C=O) groups is 2. The lowest BCUT2D eigenvalue weighted by Crippen LogP contribution is -2.27. The summed E-state index contributed by atoms with van der Waals surface area (Å²) in [6.45, 7) is 3.65. The summed E-state index contributed by atoms with van der Waals surface area (Å²) in [6, 6.07) is 17.9.